The van der Waals surface area contributed by atoms with Gasteiger partial charge in [-0.1, -0.05) is 18.2 Å². The maximum Gasteiger partial charge on any atom is 0.183 e. The van der Waals surface area contributed by atoms with E-state index in [1.165, 1.54) is 0 Å². The number of sulfone groups is 1. The Kier molecular flexibility index (Phi) is 2.38. The first kappa shape index (κ1) is 10.7. The van der Waals surface area contributed by atoms with Gasteiger partial charge in [0.2, 0.25) is 0 Å². The summed E-state index contributed by atoms with van der Waals surface area (Å²) >= 11 is 0. The number of hydrogen-bond donors (Lipinski definition) is 0. The van der Waals surface area contributed by atoms with Crippen LogP contribution in [-0.4, -0.2) is 13.2 Å². The molecule has 0 unspecified atom stereocenters. The van der Waals surface area contributed by atoms with E-state index in [1.54, 1.807) is 24.3 Å². The van der Waals surface area contributed by atoms with Gasteiger partial charge in [-0.15, -0.1) is 0 Å². The maximum atomic E-state index is 12.3. The van der Waals surface area contributed by atoms with Crippen molar-refractivity contribution in [3.05, 3.63) is 30.3 Å². The summed E-state index contributed by atoms with van der Waals surface area (Å²) < 4.78 is 24.1. The number of benzene rings is 1. The highest BCUT2D eigenvalue weighted by atomic mass is 32.2. The van der Waals surface area contributed by atoms with Crippen LogP contribution in [-0.2, 0) is 9.84 Å². The van der Waals surface area contributed by atoms with E-state index in [0.717, 1.165) is 12.8 Å². The van der Waals surface area contributed by atoms with Gasteiger partial charge in [-0.3, -0.25) is 0 Å². The molecule has 1 aromatic carbocycles. The number of rotatable bonds is 3. The van der Waals surface area contributed by atoms with E-state index < -0.39 is 14.6 Å². The summed E-state index contributed by atoms with van der Waals surface area (Å²) in [6.07, 6.45) is 2.08. The van der Waals surface area contributed by atoms with Crippen molar-refractivity contribution in [2.24, 2.45) is 5.92 Å². The van der Waals surface area contributed by atoms with E-state index in [0.29, 0.717) is 10.8 Å². The molecule has 3 heteroatoms. The van der Waals surface area contributed by atoms with Gasteiger partial charge in [-0.2, -0.15) is 0 Å². The summed E-state index contributed by atoms with van der Waals surface area (Å²) in [5, 5.41) is 0. The van der Waals surface area contributed by atoms with E-state index in [1.807, 2.05) is 19.9 Å². The zero-order valence-electron chi connectivity index (χ0n) is 9.10. The molecule has 1 saturated carbocycles. The fourth-order valence-electron chi connectivity index (χ4n) is 1.90. The third-order valence-corrected chi connectivity index (χ3v) is 5.92. The first-order chi connectivity index (χ1) is 6.96. The van der Waals surface area contributed by atoms with Gasteiger partial charge in [-0.05, 0) is 44.7 Å². The lowest BCUT2D eigenvalue weighted by molar-refractivity contribution is 0.515. The lowest BCUT2D eigenvalue weighted by Gasteiger charge is -2.24. The lowest BCUT2D eigenvalue weighted by Crippen LogP contribution is -2.34. The van der Waals surface area contributed by atoms with Crippen LogP contribution in [0.1, 0.15) is 26.7 Å². The van der Waals surface area contributed by atoms with Gasteiger partial charge in [0.05, 0.1) is 9.64 Å². The molecule has 2 rings (SSSR count). The summed E-state index contributed by atoms with van der Waals surface area (Å²) in [5.74, 6) is 0.336. The zero-order chi connectivity index (χ0) is 11.1. The second-order valence-electron chi connectivity index (χ2n) is 4.69. The van der Waals surface area contributed by atoms with Gasteiger partial charge in [-0.25, -0.2) is 8.42 Å². The quantitative estimate of drug-likeness (QED) is 0.791. The van der Waals surface area contributed by atoms with E-state index in [9.17, 15) is 8.42 Å². The van der Waals surface area contributed by atoms with Crippen LogP contribution in [0.5, 0.6) is 0 Å². The first-order valence-corrected chi connectivity index (χ1v) is 6.74. The second kappa shape index (κ2) is 3.34. The predicted molar refractivity (Wildman–Crippen MR) is 60.4 cm³/mol. The smallest absolute Gasteiger partial charge is 0.183 e. The highest BCUT2D eigenvalue weighted by Crippen LogP contribution is 2.45. The molecule has 0 radical (unpaired) electrons. The van der Waals surface area contributed by atoms with E-state index >= 15 is 0 Å². The van der Waals surface area contributed by atoms with Crippen molar-refractivity contribution in [1.82, 2.24) is 0 Å². The van der Waals surface area contributed by atoms with Crippen molar-refractivity contribution in [1.29, 1.82) is 0 Å². The molecule has 0 bridgehead atoms. The second-order valence-corrected chi connectivity index (χ2v) is 7.22. The van der Waals surface area contributed by atoms with Gasteiger partial charge in [0.25, 0.3) is 0 Å². The van der Waals surface area contributed by atoms with Crippen molar-refractivity contribution in [3.63, 3.8) is 0 Å². The SMILES string of the molecule is CC(C)(C1CC1)S(=O)(=O)c1ccccc1. The van der Waals surface area contributed by atoms with Gasteiger partial charge in [0.15, 0.2) is 9.84 Å². The van der Waals surface area contributed by atoms with Gasteiger partial charge in [0, 0.05) is 0 Å². The van der Waals surface area contributed by atoms with Crippen LogP contribution in [0.4, 0.5) is 0 Å². The van der Waals surface area contributed by atoms with Crippen LogP contribution >= 0.6 is 0 Å². The van der Waals surface area contributed by atoms with Crippen LogP contribution < -0.4 is 0 Å². The van der Waals surface area contributed by atoms with Crippen molar-refractivity contribution in [3.8, 4) is 0 Å². The Labute approximate surface area is 91.2 Å². The monoisotopic (exact) mass is 224 g/mol. The first-order valence-electron chi connectivity index (χ1n) is 5.26. The molecule has 1 fully saturated rings. The molecular formula is C12H16O2S. The Morgan fingerprint density at radius 1 is 1.13 bits per heavy atom. The van der Waals surface area contributed by atoms with Crippen molar-refractivity contribution in [2.75, 3.05) is 0 Å². The molecule has 15 heavy (non-hydrogen) atoms. The normalized spacial score (nSPS) is 17.7. The minimum absolute atomic E-state index is 0.336. The Bertz CT molecular complexity index is 442. The summed E-state index contributed by atoms with van der Waals surface area (Å²) in [7, 11) is -3.18. The molecule has 0 saturated heterocycles. The maximum absolute atomic E-state index is 12.3. The third-order valence-electron chi connectivity index (χ3n) is 3.31. The highest BCUT2D eigenvalue weighted by Gasteiger charge is 2.47. The molecule has 0 N–H and O–H groups in total. The summed E-state index contributed by atoms with van der Waals surface area (Å²) in [6, 6.07) is 8.74. The molecule has 0 amide bonds. The van der Waals surface area contributed by atoms with E-state index in [-0.39, 0.29) is 0 Å². The summed E-state index contributed by atoms with van der Waals surface area (Å²) in [6.45, 7) is 3.68. The molecule has 0 heterocycles. The Hall–Kier alpha value is -0.830. The van der Waals surface area contributed by atoms with E-state index in [2.05, 4.69) is 0 Å². The fraction of sp³-hybridized carbons (Fsp3) is 0.500. The van der Waals surface area contributed by atoms with Gasteiger partial charge < -0.3 is 0 Å². The minimum Gasteiger partial charge on any atom is -0.223 e. The van der Waals surface area contributed by atoms with Gasteiger partial charge >= 0.3 is 0 Å². The molecule has 1 aliphatic carbocycles. The Morgan fingerprint density at radius 3 is 2.13 bits per heavy atom. The average molecular weight is 224 g/mol. The standard InChI is InChI=1S/C12H16O2S/c1-12(2,10-8-9-10)15(13,14)11-6-4-3-5-7-11/h3-7,10H,8-9H2,1-2H3. The molecule has 0 atom stereocenters. The van der Waals surface area contributed by atoms with Crippen LogP contribution in [0.25, 0.3) is 0 Å². The largest absolute Gasteiger partial charge is 0.223 e. The van der Waals surface area contributed by atoms with Crippen molar-refractivity contribution < 1.29 is 8.42 Å². The molecule has 82 valence electrons. The molecule has 1 aromatic rings. The zero-order valence-corrected chi connectivity index (χ0v) is 9.92. The van der Waals surface area contributed by atoms with E-state index in [4.69, 9.17) is 0 Å². The molecule has 0 aromatic heterocycles. The summed E-state index contributed by atoms with van der Waals surface area (Å²) in [5.41, 5.74) is 0. The molecule has 1 aliphatic rings. The molecule has 2 nitrogen and oxygen atoms in total. The van der Waals surface area contributed by atoms with Crippen LogP contribution in [0.15, 0.2) is 35.2 Å². The Balaban J connectivity index is 2.43. The predicted octanol–water partition coefficient (Wildman–Crippen LogP) is 2.65. The van der Waals surface area contributed by atoms with Crippen LogP contribution in [0.3, 0.4) is 0 Å². The highest BCUT2D eigenvalue weighted by molar-refractivity contribution is 7.92. The lowest BCUT2D eigenvalue weighted by atomic mass is 10.1. The van der Waals surface area contributed by atoms with Crippen molar-refractivity contribution in [2.45, 2.75) is 36.3 Å². The topological polar surface area (TPSA) is 34.1 Å². The van der Waals surface area contributed by atoms with Crippen LogP contribution in [0, 0.1) is 5.92 Å². The van der Waals surface area contributed by atoms with Gasteiger partial charge in [0.1, 0.15) is 0 Å². The number of hydrogen-bond acceptors (Lipinski definition) is 2. The fourth-order valence-corrected chi connectivity index (χ4v) is 3.70. The Morgan fingerprint density at radius 2 is 1.67 bits per heavy atom. The van der Waals surface area contributed by atoms with Crippen LogP contribution in [0.2, 0.25) is 0 Å². The molecular weight excluding hydrogens is 208 g/mol. The summed E-state index contributed by atoms with van der Waals surface area (Å²) in [4.78, 5) is 0.446. The molecule has 0 aliphatic heterocycles. The van der Waals surface area contributed by atoms with Crippen molar-refractivity contribution >= 4 is 9.84 Å². The third kappa shape index (κ3) is 1.69. The average Bonchev–Trinajstić information content (AvgIpc) is 3.02. The molecule has 0 spiro atoms. The minimum atomic E-state index is -3.18.